The van der Waals surface area contributed by atoms with Gasteiger partial charge in [0, 0.05) is 44.9 Å². The van der Waals surface area contributed by atoms with Crippen LogP contribution in [0.5, 0.6) is 0 Å². The molecule has 9 nitrogen and oxygen atoms in total. The van der Waals surface area contributed by atoms with Gasteiger partial charge < -0.3 is 4.90 Å². The molecule has 1 amide bonds. The molecule has 9 heteroatoms. The fourth-order valence-corrected chi connectivity index (χ4v) is 2.25. The molecule has 0 fully saturated rings. The number of hydrogen-bond donors (Lipinski definition) is 0. The number of aromatic nitrogens is 4. The van der Waals surface area contributed by atoms with Crippen molar-refractivity contribution in [1.29, 1.82) is 0 Å². The topological polar surface area (TPSA) is 99.1 Å². The summed E-state index contributed by atoms with van der Waals surface area (Å²) in [7, 11) is 3.58. The fraction of sp³-hybridized carbons (Fsp3) is 0.500. The van der Waals surface area contributed by atoms with E-state index in [9.17, 15) is 14.9 Å². The third-order valence-corrected chi connectivity index (χ3v) is 3.84. The van der Waals surface area contributed by atoms with Crippen molar-refractivity contribution >= 4 is 11.6 Å². The predicted molar refractivity (Wildman–Crippen MR) is 82.7 cm³/mol. The van der Waals surface area contributed by atoms with Gasteiger partial charge in [0.15, 0.2) is 0 Å². The molecule has 0 bridgehead atoms. The molecule has 0 atom stereocenters. The molecule has 2 rings (SSSR count). The Morgan fingerprint density at radius 2 is 2.13 bits per heavy atom. The van der Waals surface area contributed by atoms with Crippen LogP contribution in [0.4, 0.5) is 5.69 Å². The van der Waals surface area contributed by atoms with Gasteiger partial charge in [0.25, 0.3) is 0 Å². The predicted octanol–water partition coefficient (Wildman–Crippen LogP) is 1.19. The molecule has 2 aromatic rings. The Labute approximate surface area is 133 Å². The van der Waals surface area contributed by atoms with E-state index in [0.717, 1.165) is 11.3 Å². The van der Waals surface area contributed by atoms with Crippen LogP contribution in [0, 0.1) is 24.0 Å². The Kier molecular flexibility index (Phi) is 4.77. The fourth-order valence-electron chi connectivity index (χ4n) is 2.25. The summed E-state index contributed by atoms with van der Waals surface area (Å²) in [4.78, 5) is 24.1. The van der Waals surface area contributed by atoms with E-state index in [1.165, 1.54) is 10.9 Å². The summed E-state index contributed by atoms with van der Waals surface area (Å²) < 4.78 is 3.20. The lowest BCUT2D eigenvalue weighted by atomic mass is 10.2. The maximum absolute atomic E-state index is 12.2. The number of amides is 1. The Hall–Kier alpha value is -2.71. The van der Waals surface area contributed by atoms with E-state index in [-0.39, 0.29) is 18.0 Å². The van der Waals surface area contributed by atoms with Crippen LogP contribution < -0.4 is 0 Å². The van der Waals surface area contributed by atoms with E-state index in [1.54, 1.807) is 29.7 Å². The van der Waals surface area contributed by atoms with E-state index in [4.69, 9.17) is 0 Å². The van der Waals surface area contributed by atoms with Gasteiger partial charge in [-0.1, -0.05) is 0 Å². The molecular formula is C14H20N6O3. The number of nitro groups is 1. The van der Waals surface area contributed by atoms with Gasteiger partial charge in [0.2, 0.25) is 5.91 Å². The highest BCUT2D eigenvalue weighted by molar-refractivity contribution is 5.75. The number of aryl methyl sites for hydroxylation is 3. The van der Waals surface area contributed by atoms with Crippen molar-refractivity contribution in [2.24, 2.45) is 7.05 Å². The lowest BCUT2D eigenvalue weighted by Crippen LogP contribution is -2.27. The second kappa shape index (κ2) is 6.59. The lowest BCUT2D eigenvalue weighted by Gasteiger charge is -2.17. The summed E-state index contributed by atoms with van der Waals surface area (Å²) in [6.07, 6.45) is 3.33. The highest BCUT2D eigenvalue weighted by atomic mass is 16.6. The average Bonchev–Trinajstić information content (AvgIpc) is 3.02. The van der Waals surface area contributed by atoms with Crippen LogP contribution in [-0.4, -0.2) is 42.3 Å². The lowest BCUT2D eigenvalue weighted by molar-refractivity contribution is -0.385. The highest BCUT2D eigenvalue weighted by Gasteiger charge is 2.17. The maximum Gasteiger partial charge on any atom is 0.309 e. The first-order chi connectivity index (χ1) is 10.8. The van der Waals surface area contributed by atoms with Gasteiger partial charge in [0.1, 0.15) is 11.9 Å². The van der Waals surface area contributed by atoms with Crippen molar-refractivity contribution in [3.63, 3.8) is 0 Å². The van der Waals surface area contributed by atoms with Crippen LogP contribution in [0.2, 0.25) is 0 Å². The van der Waals surface area contributed by atoms with Gasteiger partial charge in [-0.3, -0.25) is 24.3 Å². The normalized spacial score (nSPS) is 10.8. The average molecular weight is 320 g/mol. The van der Waals surface area contributed by atoms with Crippen LogP contribution >= 0.6 is 0 Å². The molecule has 0 aliphatic carbocycles. The largest absolute Gasteiger partial charge is 0.341 e. The van der Waals surface area contributed by atoms with Gasteiger partial charge in [-0.05, 0) is 13.8 Å². The molecule has 0 N–H and O–H groups in total. The number of rotatable bonds is 6. The van der Waals surface area contributed by atoms with Crippen molar-refractivity contribution in [3.05, 3.63) is 39.5 Å². The van der Waals surface area contributed by atoms with E-state index < -0.39 is 4.92 Å². The minimum atomic E-state index is -0.474. The Morgan fingerprint density at radius 1 is 1.43 bits per heavy atom. The van der Waals surface area contributed by atoms with Crippen molar-refractivity contribution in [1.82, 2.24) is 24.5 Å². The van der Waals surface area contributed by atoms with E-state index in [1.807, 2.05) is 14.0 Å². The second-order valence-electron chi connectivity index (χ2n) is 5.50. The molecule has 0 spiro atoms. The Morgan fingerprint density at radius 3 is 2.65 bits per heavy atom. The zero-order valence-corrected chi connectivity index (χ0v) is 13.7. The zero-order chi connectivity index (χ0) is 17.1. The van der Waals surface area contributed by atoms with Crippen LogP contribution in [-0.2, 0) is 24.9 Å². The Balaban J connectivity index is 1.92. The van der Waals surface area contributed by atoms with Gasteiger partial charge in [-0.25, -0.2) is 0 Å². The second-order valence-corrected chi connectivity index (χ2v) is 5.50. The molecule has 0 aliphatic rings. The van der Waals surface area contributed by atoms with Gasteiger partial charge in [-0.2, -0.15) is 10.2 Å². The first-order valence-corrected chi connectivity index (χ1v) is 7.19. The smallest absolute Gasteiger partial charge is 0.309 e. The minimum Gasteiger partial charge on any atom is -0.341 e. The first-order valence-electron chi connectivity index (χ1n) is 7.19. The van der Waals surface area contributed by atoms with Gasteiger partial charge in [0.05, 0.1) is 11.1 Å². The van der Waals surface area contributed by atoms with Crippen molar-refractivity contribution in [3.8, 4) is 0 Å². The van der Waals surface area contributed by atoms with Crippen molar-refractivity contribution in [2.75, 3.05) is 7.05 Å². The SMILES string of the molecule is Cc1nn(CCC(=O)N(C)Cc2cnn(C)c2C)cc1[N+](=O)[O-]. The first kappa shape index (κ1) is 16.7. The van der Waals surface area contributed by atoms with E-state index in [2.05, 4.69) is 10.2 Å². The molecule has 2 heterocycles. The summed E-state index contributed by atoms with van der Waals surface area (Å²) in [5.74, 6) is -0.0518. The van der Waals surface area contributed by atoms with Gasteiger partial charge in [-0.15, -0.1) is 0 Å². The molecule has 124 valence electrons. The van der Waals surface area contributed by atoms with Crippen LogP contribution in [0.25, 0.3) is 0 Å². The van der Waals surface area contributed by atoms with Crippen LogP contribution in [0.3, 0.4) is 0 Å². The molecule has 0 saturated heterocycles. The van der Waals surface area contributed by atoms with E-state index >= 15 is 0 Å². The third kappa shape index (κ3) is 3.74. The number of carbonyl (C=O) groups excluding carboxylic acids is 1. The molecule has 0 saturated carbocycles. The maximum atomic E-state index is 12.2. The zero-order valence-electron chi connectivity index (χ0n) is 13.7. The molecule has 2 aromatic heterocycles. The molecule has 0 unspecified atom stereocenters. The quantitative estimate of drug-likeness (QED) is 0.588. The van der Waals surface area contributed by atoms with Crippen molar-refractivity contribution in [2.45, 2.75) is 33.4 Å². The van der Waals surface area contributed by atoms with Crippen LogP contribution in [0.1, 0.15) is 23.4 Å². The molecular weight excluding hydrogens is 300 g/mol. The molecule has 0 aliphatic heterocycles. The van der Waals surface area contributed by atoms with E-state index in [0.29, 0.717) is 18.8 Å². The summed E-state index contributed by atoms with van der Waals surface area (Å²) in [6.45, 7) is 4.32. The monoisotopic (exact) mass is 320 g/mol. The van der Waals surface area contributed by atoms with Gasteiger partial charge >= 0.3 is 5.69 Å². The number of carbonyl (C=O) groups is 1. The molecule has 0 aromatic carbocycles. The standard InChI is InChI=1S/C14H20N6O3/c1-10-13(20(22)23)9-19(16-10)6-5-14(21)17(3)8-12-7-15-18(4)11(12)2/h7,9H,5-6,8H2,1-4H3. The third-order valence-electron chi connectivity index (χ3n) is 3.84. The van der Waals surface area contributed by atoms with Crippen LogP contribution in [0.15, 0.2) is 12.4 Å². The Bertz CT molecular complexity index is 733. The molecule has 23 heavy (non-hydrogen) atoms. The number of hydrogen-bond acceptors (Lipinski definition) is 5. The summed E-state index contributed by atoms with van der Waals surface area (Å²) in [6, 6.07) is 0. The summed E-state index contributed by atoms with van der Waals surface area (Å²) in [5, 5.41) is 19.0. The summed E-state index contributed by atoms with van der Waals surface area (Å²) >= 11 is 0. The molecule has 0 radical (unpaired) electrons. The van der Waals surface area contributed by atoms with Crippen molar-refractivity contribution < 1.29 is 9.72 Å². The number of nitrogens with zero attached hydrogens (tertiary/aromatic N) is 6. The minimum absolute atomic E-state index is 0.0308. The summed E-state index contributed by atoms with van der Waals surface area (Å²) in [5.41, 5.74) is 2.33. The highest BCUT2D eigenvalue weighted by Crippen LogP contribution is 2.15.